The molecule has 0 spiro atoms. The average Bonchev–Trinajstić information content (AvgIpc) is 2.19. The molecule has 0 radical (unpaired) electrons. The highest BCUT2D eigenvalue weighted by Gasteiger charge is 2.32. The molecule has 0 bridgehead atoms. The molecule has 1 N–H and O–H groups in total. The lowest BCUT2D eigenvalue weighted by Gasteiger charge is -2.16. The Morgan fingerprint density at radius 2 is 2.00 bits per heavy atom. The van der Waals surface area contributed by atoms with Crippen LogP contribution in [-0.2, 0) is 5.92 Å². The fourth-order valence-electron chi connectivity index (χ4n) is 1.14. The van der Waals surface area contributed by atoms with Crippen LogP contribution in [0.15, 0.2) is 29.2 Å². The number of thioether (sulfide) groups is 1. The molecular formula is C10H12F2OS. The van der Waals surface area contributed by atoms with Gasteiger partial charge in [-0.1, -0.05) is 25.1 Å². The van der Waals surface area contributed by atoms with Crippen LogP contribution < -0.4 is 0 Å². The summed E-state index contributed by atoms with van der Waals surface area (Å²) in [5.74, 6) is -2.41. The van der Waals surface area contributed by atoms with Crippen LogP contribution in [-0.4, -0.2) is 17.5 Å². The van der Waals surface area contributed by atoms with Gasteiger partial charge in [0.25, 0.3) is 5.92 Å². The molecule has 1 rings (SSSR count). The molecule has 0 saturated carbocycles. The van der Waals surface area contributed by atoms with Gasteiger partial charge in [0.15, 0.2) is 0 Å². The van der Waals surface area contributed by atoms with E-state index in [1.807, 2.05) is 6.92 Å². The molecule has 14 heavy (non-hydrogen) atoms. The molecule has 4 heteroatoms. The van der Waals surface area contributed by atoms with Crippen LogP contribution in [0.1, 0.15) is 12.5 Å². The van der Waals surface area contributed by atoms with Crippen molar-refractivity contribution in [2.24, 2.45) is 0 Å². The first-order valence-corrected chi connectivity index (χ1v) is 5.31. The molecular weight excluding hydrogens is 206 g/mol. The molecule has 0 atom stereocenters. The zero-order valence-corrected chi connectivity index (χ0v) is 8.65. The van der Waals surface area contributed by atoms with Gasteiger partial charge in [0.1, 0.15) is 6.61 Å². The number of halogens is 2. The fourth-order valence-corrected chi connectivity index (χ4v) is 1.99. The molecule has 0 unspecified atom stereocenters. The van der Waals surface area contributed by atoms with E-state index < -0.39 is 12.5 Å². The number of benzene rings is 1. The molecule has 78 valence electrons. The molecule has 0 heterocycles. The van der Waals surface area contributed by atoms with E-state index in [-0.39, 0.29) is 5.56 Å². The van der Waals surface area contributed by atoms with Crippen molar-refractivity contribution < 1.29 is 13.9 Å². The Hall–Kier alpha value is -0.610. The van der Waals surface area contributed by atoms with Gasteiger partial charge in [-0.05, 0) is 11.8 Å². The third kappa shape index (κ3) is 2.45. The second kappa shape index (κ2) is 4.75. The molecule has 0 aliphatic carbocycles. The molecule has 0 fully saturated rings. The molecule has 0 saturated heterocycles. The minimum Gasteiger partial charge on any atom is -0.390 e. The largest absolute Gasteiger partial charge is 0.390 e. The van der Waals surface area contributed by atoms with Crippen LogP contribution in [0.4, 0.5) is 8.78 Å². The molecule has 0 aliphatic heterocycles. The fraction of sp³-hybridized carbons (Fsp3) is 0.400. The summed E-state index contributed by atoms with van der Waals surface area (Å²) in [6, 6.07) is 6.27. The van der Waals surface area contributed by atoms with Crippen molar-refractivity contribution in [1.82, 2.24) is 0 Å². The standard InChI is InChI=1S/C10H12F2OS/c1-2-14-9-6-4-3-5-8(9)10(11,12)7-13/h3-6,13H,2,7H2,1H3. The quantitative estimate of drug-likeness (QED) is 0.784. The van der Waals surface area contributed by atoms with E-state index in [1.165, 1.54) is 17.8 Å². The van der Waals surface area contributed by atoms with Crippen LogP contribution in [0.25, 0.3) is 0 Å². The molecule has 1 aromatic rings. The topological polar surface area (TPSA) is 20.2 Å². The van der Waals surface area contributed by atoms with Crippen molar-refractivity contribution in [3.8, 4) is 0 Å². The summed E-state index contributed by atoms with van der Waals surface area (Å²) in [6.45, 7) is 0.757. The minimum absolute atomic E-state index is 0.0886. The van der Waals surface area contributed by atoms with Crippen molar-refractivity contribution in [2.75, 3.05) is 12.4 Å². The monoisotopic (exact) mass is 218 g/mol. The Kier molecular flexibility index (Phi) is 3.89. The average molecular weight is 218 g/mol. The smallest absolute Gasteiger partial charge is 0.296 e. The summed E-state index contributed by atoms with van der Waals surface area (Å²) in [5, 5.41) is 8.58. The maximum absolute atomic E-state index is 13.2. The third-order valence-corrected chi connectivity index (χ3v) is 2.74. The lowest BCUT2D eigenvalue weighted by Crippen LogP contribution is -2.19. The van der Waals surface area contributed by atoms with Crippen LogP contribution >= 0.6 is 11.8 Å². The van der Waals surface area contributed by atoms with Crippen molar-refractivity contribution in [3.05, 3.63) is 29.8 Å². The van der Waals surface area contributed by atoms with E-state index >= 15 is 0 Å². The SMILES string of the molecule is CCSc1ccccc1C(F)(F)CO. The summed E-state index contributed by atoms with van der Waals surface area (Å²) in [5.41, 5.74) is -0.0886. The highest BCUT2D eigenvalue weighted by Crippen LogP contribution is 2.34. The molecule has 1 nitrogen and oxygen atoms in total. The van der Waals surface area contributed by atoms with E-state index in [2.05, 4.69) is 0 Å². The Morgan fingerprint density at radius 3 is 2.57 bits per heavy atom. The molecule has 0 amide bonds. The number of alkyl halides is 2. The number of rotatable bonds is 4. The Morgan fingerprint density at radius 1 is 1.36 bits per heavy atom. The number of aliphatic hydroxyl groups is 1. The van der Waals surface area contributed by atoms with Gasteiger partial charge in [-0.25, -0.2) is 0 Å². The van der Waals surface area contributed by atoms with Gasteiger partial charge in [-0.3, -0.25) is 0 Å². The number of hydrogen-bond acceptors (Lipinski definition) is 2. The first-order valence-electron chi connectivity index (χ1n) is 4.33. The Labute approximate surface area is 86.1 Å². The third-order valence-electron chi connectivity index (χ3n) is 1.78. The molecule has 0 aliphatic rings. The van der Waals surface area contributed by atoms with Crippen LogP contribution in [0.3, 0.4) is 0 Å². The van der Waals surface area contributed by atoms with Gasteiger partial charge in [-0.15, -0.1) is 11.8 Å². The molecule has 0 aromatic heterocycles. The maximum Gasteiger partial charge on any atom is 0.296 e. The highest BCUT2D eigenvalue weighted by atomic mass is 32.2. The summed E-state index contributed by atoms with van der Waals surface area (Å²) >= 11 is 1.35. The number of hydrogen-bond donors (Lipinski definition) is 1. The van der Waals surface area contributed by atoms with Crippen LogP contribution in [0.2, 0.25) is 0 Å². The zero-order chi connectivity index (χ0) is 10.6. The summed E-state index contributed by atoms with van der Waals surface area (Å²) < 4.78 is 26.4. The number of aliphatic hydroxyl groups excluding tert-OH is 1. The second-order valence-corrected chi connectivity index (χ2v) is 4.10. The summed E-state index contributed by atoms with van der Waals surface area (Å²) in [6.07, 6.45) is 0. The van der Waals surface area contributed by atoms with Crippen LogP contribution in [0, 0.1) is 0 Å². The summed E-state index contributed by atoms with van der Waals surface area (Å²) in [7, 11) is 0. The van der Waals surface area contributed by atoms with E-state index in [1.54, 1.807) is 18.2 Å². The normalized spacial score (nSPS) is 11.7. The van der Waals surface area contributed by atoms with Gasteiger partial charge in [0.05, 0.1) is 0 Å². The van der Waals surface area contributed by atoms with Crippen molar-refractivity contribution in [1.29, 1.82) is 0 Å². The first-order chi connectivity index (χ1) is 6.61. The van der Waals surface area contributed by atoms with Gasteiger partial charge >= 0.3 is 0 Å². The second-order valence-electron chi connectivity index (χ2n) is 2.79. The first kappa shape index (κ1) is 11.5. The lowest BCUT2D eigenvalue weighted by molar-refractivity contribution is -0.0577. The van der Waals surface area contributed by atoms with Gasteiger partial charge < -0.3 is 5.11 Å². The predicted molar refractivity (Wildman–Crippen MR) is 53.8 cm³/mol. The van der Waals surface area contributed by atoms with Gasteiger partial charge in [0, 0.05) is 10.5 Å². The van der Waals surface area contributed by atoms with Crippen molar-refractivity contribution >= 4 is 11.8 Å². The zero-order valence-electron chi connectivity index (χ0n) is 7.84. The van der Waals surface area contributed by atoms with Crippen molar-refractivity contribution in [3.63, 3.8) is 0 Å². The van der Waals surface area contributed by atoms with Crippen molar-refractivity contribution in [2.45, 2.75) is 17.7 Å². The molecule has 1 aromatic carbocycles. The van der Waals surface area contributed by atoms with Gasteiger partial charge in [-0.2, -0.15) is 8.78 Å². The summed E-state index contributed by atoms with van der Waals surface area (Å²) in [4.78, 5) is 0.536. The van der Waals surface area contributed by atoms with E-state index in [9.17, 15) is 8.78 Å². The van der Waals surface area contributed by atoms with E-state index in [0.29, 0.717) is 4.90 Å². The minimum atomic E-state index is -3.14. The van der Waals surface area contributed by atoms with E-state index in [4.69, 9.17) is 5.11 Å². The van der Waals surface area contributed by atoms with E-state index in [0.717, 1.165) is 5.75 Å². The maximum atomic E-state index is 13.2. The van der Waals surface area contributed by atoms with Crippen LogP contribution in [0.5, 0.6) is 0 Å². The van der Waals surface area contributed by atoms with Gasteiger partial charge in [0.2, 0.25) is 0 Å². The Bertz CT molecular complexity index is 302. The lowest BCUT2D eigenvalue weighted by atomic mass is 10.1. The Balaban J connectivity index is 3.06. The highest BCUT2D eigenvalue weighted by molar-refractivity contribution is 7.99. The predicted octanol–water partition coefficient (Wildman–Crippen LogP) is 2.88.